The van der Waals surface area contributed by atoms with Gasteiger partial charge in [-0.15, -0.1) is 0 Å². The number of carbonyl (C=O) groups excluding carboxylic acids is 1. The molecule has 3 aromatic rings. The van der Waals surface area contributed by atoms with Gasteiger partial charge in [0.05, 0.1) is 26.0 Å². The fourth-order valence-corrected chi connectivity index (χ4v) is 3.87. The molecule has 6 nitrogen and oxygen atoms in total. The molecule has 0 spiro atoms. The summed E-state index contributed by atoms with van der Waals surface area (Å²) in [5.41, 5.74) is 3.56. The smallest absolute Gasteiger partial charge is 0.273 e. The molecule has 1 aromatic heterocycles. The first kappa shape index (κ1) is 19.0. The van der Waals surface area contributed by atoms with Crippen molar-refractivity contribution in [2.24, 2.45) is 0 Å². The highest BCUT2D eigenvalue weighted by Gasteiger charge is 2.42. The Morgan fingerprint density at radius 1 is 1.10 bits per heavy atom. The molecule has 1 aliphatic rings. The van der Waals surface area contributed by atoms with Crippen LogP contribution in [0.4, 0.5) is 4.39 Å². The molecule has 29 heavy (non-hydrogen) atoms. The molecule has 0 saturated heterocycles. The monoisotopic (exact) mass is 395 g/mol. The molecular weight excluding hydrogens is 373 g/mol. The minimum atomic E-state index is -0.323. The molecule has 0 unspecified atom stereocenters. The highest BCUT2D eigenvalue weighted by molar-refractivity contribution is 6.00. The number of carbonyl (C=O) groups is 1. The molecule has 0 saturated carbocycles. The van der Waals surface area contributed by atoms with Crippen molar-refractivity contribution in [3.05, 3.63) is 65.1 Å². The number of aromatic amines is 1. The first-order valence-electron chi connectivity index (χ1n) is 9.46. The van der Waals surface area contributed by atoms with Crippen LogP contribution in [0.3, 0.4) is 0 Å². The summed E-state index contributed by atoms with van der Waals surface area (Å²) in [4.78, 5) is 14.9. The molecule has 0 radical (unpaired) electrons. The largest absolute Gasteiger partial charge is 0.493 e. The lowest BCUT2D eigenvalue weighted by molar-refractivity contribution is 0.0743. The van der Waals surface area contributed by atoms with Crippen molar-refractivity contribution < 1.29 is 18.7 Å². The van der Waals surface area contributed by atoms with Crippen molar-refractivity contribution in [1.82, 2.24) is 15.1 Å². The lowest BCUT2D eigenvalue weighted by atomic mass is 9.95. The predicted molar refractivity (Wildman–Crippen MR) is 107 cm³/mol. The Labute approximate surface area is 168 Å². The van der Waals surface area contributed by atoms with Crippen LogP contribution in [0.5, 0.6) is 11.5 Å². The number of nitrogens with one attached hydrogen (secondary N) is 1. The van der Waals surface area contributed by atoms with E-state index in [1.54, 1.807) is 26.4 Å². The SMILES string of the molecule is CCCN1C(=O)c2[nH]nc(-c3ccc(F)cc3)c2[C@@H]1c1ccc(OC)c(OC)c1. The topological polar surface area (TPSA) is 67.5 Å². The molecular formula is C22H22FN3O3. The summed E-state index contributed by atoms with van der Waals surface area (Å²) in [6, 6.07) is 11.4. The average Bonchev–Trinajstić information content (AvgIpc) is 3.28. The van der Waals surface area contributed by atoms with Gasteiger partial charge >= 0.3 is 0 Å². The number of hydrogen-bond acceptors (Lipinski definition) is 4. The molecule has 0 bridgehead atoms. The van der Waals surface area contributed by atoms with Crippen molar-refractivity contribution in [2.75, 3.05) is 20.8 Å². The number of hydrogen-bond donors (Lipinski definition) is 1. The van der Waals surface area contributed by atoms with Gasteiger partial charge in [0.1, 0.15) is 11.5 Å². The molecule has 1 amide bonds. The van der Waals surface area contributed by atoms with Crippen LogP contribution in [0, 0.1) is 5.82 Å². The number of H-pyrrole nitrogens is 1. The minimum Gasteiger partial charge on any atom is -0.493 e. The van der Waals surface area contributed by atoms with Crippen molar-refractivity contribution in [2.45, 2.75) is 19.4 Å². The number of fused-ring (bicyclic) bond motifs is 1. The predicted octanol–water partition coefficient (Wildman–Crippen LogP) is 4.19. The van der Waals surface area contributed by atoms with E-state index in [9.17, 15) is 9.18 Å². The summed E-state index contributed by atoms with van der Waals surface area (Å²) >= 11 is 0. The number of rotatable bonds is 6. The third-order valence-electron chi connectivity index (χ3n) is 5.17. The summed E-state index contributed by atoms with van der Waals surface area (Å²) in [7, 11) is 3.17. The maximum absolute atomic E-state index is 13.4. The normalized spacial score (nSPS) is 15.5. The Morgan fingerprint density at radius 2 is 1.83 bits per heavy atom. The molecule has 1 aliphatic heterocycles. The van der Waals surface area contributed by atoms with E-state index in [0.29, 0.717) is 29.4 Å². The fraction of sp³-hybridized carbons (Fsp3) is 0.273. The van der Waals surface area contributed by atoms with Gasteiger partial charge in [0, 0.05) is 17.7 Å². The molecule has 7 heteroatoms. The van der Waals surface area contributed by atoms with Crippen LogP contribution in [0.15, 0.2) is 42.5 Å². The number of halogens is 1. The Bertz CT molecular complexity index is 1050. The highest BCUT2D eigenvalue weighted by atomic mass is 19.1. The number of benzene rings is 2. The van der Waals surface area contributed by atoms with Crippen molar-refractivity contribution in [3.8, 4) is 22.8 Å². The van der Waals surface area contributed by atoms with E-state index in [4.69, 9.17) is 9.47 Å². The van der Waals surface area contributed by atoms with Crippen LogP contribution >= 0.6 is 0 Å². The van der Waals surface area contributed by atoms with Crippen LogP contribution < -0.4 is 9.47 Å². The third kappa shape index (κ3) is 3.12. The Hall–Kier alpha value is -3.35. The molecule has 2 heterocycles. The number of methoxy groups -OCH3 is 2. The van der Waals surface area contributed by atoms with Crippen LogP contribution in [0.25, 0.3) is 11.3 Å². The van der Waals surface area contributed by atoms with Gasteiger partial charge in [0.2, 0.25) is 0 Å². The zero-order chi connectivity index (χ0) is 20.5. The van der Waals surface area contributed by atoms with E-state index in [0.717, 1.165) is 23.1 Å². The van der Waals surface area contributed by atoms with Gasteiger partial charge in [-0.1, -0.05) is 13.0 Å². The first-order valence-corrected chi connectivity index (χ1v) is 9.46. The van der Waals surface area contributed by atoms with Gasteiger partial charge in [0.15, 0.2) is 11.5 Å². The van der Waals surface area contributed by atoms with E-state index >= 15 is 0 Å². The quantitative estimate of drug-likeness (QED) is 0.680. The van der Waals surface area contributed by atoms with E-state index in [2.05, 4.69) is 10.2 Å². The van der Waals surface area contributed by atoms with Crippen LogP contribution in [0.1, 0.15) is 41.0 Å². The standard InChI is InChI=1S/C22H22FN3O3/c1-4-11-26-21(14-7-10-16(28-2)17(12-14)29-3)18-19(24-25-20(18)22(26)27)13-5-8-15(23)9-6-13/h5-10,12,21H,4,11H2,1-3H3,(H,24,25)/t21-/m0/s1. The Morgan fingerprint density at radius 3 is 2.48 bits per heavy atom. The fourth-order valence-electron chi connectivity index (χ4n) is 3.87. The molecule has 2 aromatic carbocycles. The minimum absolute atomic E-state index is 0.0949. The second kappa shape index (κ2) is 7.58. The zero-order valence-electron chi connectivity index (χ0n) is 16.5. The molecule has 1 N–H and O–H groups in total. The van der Waals surface area contributed by atoms with Gasteiger partial charge in [-0.25, -0.2) is 4.39 Å². The summed E-state index contributed by atoms with van der Waals surface area (Å²) in [6.45, 7) is 2.63. The number of ether oxygens (including phenoxy) is 2. The second-order valence-corrected chi connectivity index (χ2v) is 6.88. The zero-order valence-corrected chi connectivity index (χ0v) is 16.5. The first-order chi connectivity index (χ1) is 14.1. The summed E-state index contributed by atoms with van der Waals surface area (Å²) in [6.07, 6.45) is 0.819. The van der Waals surface area contributed by atoms with E-state index < -0.39 is 0 Å². The van der Waals surface area contributed by atoms with Gasteiger partial charge in [-0.2, -0.15) is 5.10 Å². The lowest BCUT2D eigenvalue weighted by Crippen LogP contribution is -2.30. The van der Waals surface area contributed by atoms with Crippen molar-refractivity contribution >= 4 is 5.91 Å². The second-order valence-electron chi connectivity index (χ2n) is 6.88. The Kier molecular flexibility index (Phi) is 4.96. The molecule has 4 rings (SSSR count). The maximum Gasteiger partial charge on any atom is 0.273 e. The summed E-state index contributed by atoms with van der Waals surface area (Å²) in [5.74, 6) is 0.798. The number of amides is 1. The number of aromatic nitrogens is 2. The summed E-state index contributed by atoms with van der Waals surface area (Å²) in [5, 5.41) is 7.28. The van der Waals surface area contributed by atoms with Crippen LogP contribution in [-0.4, -0.2) is 41.8 Å². The maximum atomic E-state index is 13.4. The van der Waals surface area contributed by atoms with Crippen LogP contribution in [-0.2, 0) is 0 Å². The molecule has 150 valence electrons. The lowest BCUT2D eigenvalue weighted by Gasteiger charge is -2.26. The van der Waals surface area contributed by atoms with Gasteiger partial charge < -0.3 is 14.4 Å². The average molecular weight is 395 g/mol. The van der Waals surface area contributed by atoms with Gasteiger partial charge in [-0.3, -0.25) is 9.89 Å². The third-order valence-corrected chi connectivity index (χ3v) is 5.17. The van der Waals surface area contributed by atoms with E-state index in [1.165, 1.54) is 12.1 Å². The summed E-state index contributed by atoms with van der Waals surface area (Å²) < 4.78 is 24.2. The van der Waals surface area contributed by atoms with Crippen LogP contribution in [0.2, 0.25) is 0 Å². The van der Waals surface area contributed by atoms with Crippen molar-refractivity contribution in [1.29, 1.82) is 0 Å². The molecule has 1 atom stereocenters. The highest BCUT2D eigenvalue weighted by Crippen LogP contribution is 2.44. The van der Waals surface area contributed by atoms with Gasteiger partial charge in [-0.05, 0) is 48.4 Å². The van der Waals surface area contributed by atoms with Gasteiger partial charge in [0.25, 0.3) is 5.91 Å². The molecule has 0 fully saturated rings. The van der Waals surface area contributed by atoms with E-state index in [-0.39, 0.29) is 17.8 Å². The molecule has 0 aliphatic carbocycles. The van der Waals surface area contributed by atoms with E-state index in [1.807, 2.05) is 30.0 Å². The van der Waals surface area contributed by atoms with Crippen molar-refractivity contribution in [3.63, 3.8) is 0 Å². The number of nitrogens with zero attached hydrogens (tertiary/aromatic N) is 2. The Balaban J connectivity index is 1.88.